The van der Waals surface area contributed by atoms with Crippen molar-refractivity contribution in [2.45, 2.75) is 18.8 Å². The summed E-state index contributed by atoms with van der Waals surface area (Å²) in [5, 5.41) is 22.0. The molecule has 1 aromatic heterocycles. The lowest BCUT2D eigenvalue weighted by Gasteiger charge is -2.07. The van der Waals surface area contributed by atoms with Gasteiger partial charge in [-0.05, 0) is 47.0 Å². The molecule has 0 radical (unpaired) electrons. The first-order valence-corrected chi connectivity index (χ1v) is 6.79. The molecule has 0 atom stereocenters. The van der Waals surface area contributed by atoms with Gasteiger partial charge in [-0.25, -0.2) is 14.5 Å². The SMILES string of the molecule is N#Cc1ccc(-n2nc(C(=O)O)nc2C2CC2)c(Br)c1. The highest BCUT2D eigenvalue weighted by Crippen LogP contribution is 2.40. The number of hydrogen-bond donors (Lipinski definition) is 1. The highest BCUT2D eigenvalue weighted by molar-refractivity contribution is 9.10. The van der Waals surface area contributed by atoms with E-state index in [-0.39, 0.29) is 11.7 Å². The Balaban J connectivity index is 2.14. The van der Waals surface area contributed by atoms with E-state index in [1.807, 2.05) is 0 Å². The van der Waals surface area contributed by atoms with Crippen LogP contribution in [0.4, 0.5) is 0 Å². The van der Waals surface area contributed by atoms with Crippen LogP contribution in [0.2, 0.25) is 0 Å². The second-order valence-electron chi connectivity index (χ2n) is 4.56. The number of rotatable bonds is 3. The minimum Gasteiger partial charge on any atom is -0.475 e. The first-order chi connectivity index (χ1) is 9.60. The molecule has 6 nitrogen and oxygen atoms in total. The number of nitriles is 1. The minimum absolute atomic E-state index is 0.205. The standard InChI is InChI=1S/C13H9BrN4O2/c14-9-5-7(6-15)1-4-10(9)18-12(8-2-3-8)16-11(17-18)13(19)20/h1,4-5,8H,2-3H2,(H,19,20). The Kier molecular flexibility index (Phi) is 3.03. The monoisotopic (exact) mass is 332 g/mol. The van der Waals surface area contributed by atoms with Gasteiger partial charge in [-0.15, -0.1) is 5.10 Å². The van der Waals surface area contributed by atoms with Gasteiger partial charge in [0.15, 0.2) is 0 Å². The maximum atomic E-state index is 11.0. The van der Waals surface area contributed by atoms with Crippen LogP contribution in [-0.4, -0.2) is 25.8 Å². The summed E-state index contributed by atoms with van der Waals surface area (Å²) in [5.41, 5.74) is 1.21. The number of hydrogen-bond acceptors (Lipinski definition) is 4. The Bertz CT molecular complexity index is 743. The lowest BCUT2D eigenvalue weighted by atomic mass is 10.2. The molecule has 1 saturated carbocycles. The molecule has 0 spiro atoms. The van der Waals surface area contributed by atoms with Gasteiger partial charge in [-0.1, -0.05) is 0 Å². The van der Waals surface area contributed by atoms with E-state index in [9.17, 15) is 4.79 Å². The summed E-state index contributed by atoms with van der Waals surface area (Å²) in [6, 6.07) is 7.12. The number of benzene rings is 1. The molecule has 100 valence electrons. The molecule has 20 heavy (non-hydrogen) atoms. The van der Waals surface area contributed by atoms with E-state index < -0.39 is 5.97 Å². The zero-order valence-electron chi connectivity index (χ0n) is 10.2. The van der Waals surface area contributed by atoms with Crippen molar-refractivity contribution in [3.63, 3.8) is 0 Å². The zero-order chi connectivity index (χ0) is 14.3. The third-order valence-electron chi connectivity index (χ3n) is 3.07. The van der Waals surface area contributed by atoms with Gasteiger partial charge in [0, 0.05) is 10.4 Å². The van der Waals surface area contributed by atoms with Crippen molar-refractivity contribution in [2.24, 2.45) is 0 Å². The first kappa shape index (κ1) is 12.8. The van der Waals surface area contributed by atoms with E-state index in [1.165, 1.54) is 0 Å². The largest absolute Gasteiger partial charge is 0.475 e. The fourth-order valence-corrected chi connectivity index (χ4v) is 2.49. The van der Waals surface area contributed by atoms with Crippen molar-refractivity contribution >= 4 is 21.9 Å². The second kappa shape index (κ2) is 4.72. The van der Waals surface area contributed by atoms with Crippen LogP contribution in [0.1, 0.15) is 40.8 Å². The van der Waals surface area contributed by atoms with E-state index >= 15 is 0 Å². The number of carboxylic acids is 1. The molecule has 3 rings (SSSR count). The molecule has 1 aliphatic rings. The summed E-state index contributed by atoms with van der Waals surface area (Å²) < 4.78 is 2.23. The number of halogens is 1. The Labute approximate surface area is 122 Å². The number of aromatic carboxylic acids is 1. The van der Waals surface area contributed by atoms with Gasteiger partial charge in [0.25, 0.3) is 5.82 Å². The average molecular weight is 333 g/mol. The van der Waals surface area contributed by atoms with E-state index in [1.54, 1.807) is 22.9 Å². The molecule has 1 fully saturated rings. The molecule has 1 N–H and O–H groups in total. The molecule has 1 heterocycles. The maximum Gasteiger partial charge on any atom is 0.375 e. The summed E-state index contributed by atoms with van der Waals surface area (Å²) in [7, 11) is 0. The topological polar surface area (TPSA) is 91.8 Å². The molecular weight excluding hydrogens is 324 g/mol. The predicted molar refractivity (Wildman–Crippen MR) is 72.7 cm³/mol. The van der Waals surface area contributed by atoms with Gasteiger partial charge in [-0.2, -0.15) is 5.26 Å². The van der Waals surface area contributed by atoms with Gasteiger partial charge in [0.05, 0.1) is 17.3 Å². The summed E-state index contributed by atoms with van der Waals surface area (Å²) in [5.74, 6) is -0.426. The van der Waals surface area contributed by atoms with Crippen LogP contribution in [0.25, 0.3) is 5.69 Å². The molecule has 2 aromatic rings. The number of carboxylic acid groups (broad SMARTS) is 1. The quantitative estimate of drug-likeness (QED) is 0.932. The van der Waals surface area contributed by atoms with Crippen molar-refractivity contribution in [3.05, 3.63) is 39.9 Å². The van der Waals surface area contributed by atoms with Crippen LogP contribution in [0.15, 0.2) is 22.7 Å². The van der Waals surface area contributed by atoms with Crippen LogP contribution in [0.5, 0.6) is 0 Å². The van der Waals surface area contributed by atoms with Crippen LogP contribution >= 0.6 is 15.9 Å². The van der Waals surface area contributed by atoms with Crippen molar-refractivity contribution in [1.29, 1.82) is 5.26 Å². The summed E-state index contributed by atoms with van der Waals surface area (Å²) >= 11 is 3.39. The Morgan fingerprint density at radius 3 is 2.80 bits per heavy atom. The van der Waals surface area contributed by atoms with Crippen molar-refractivity contribution in [1.82, 2.24) is 14.8 Å². The molecule has 0 unspecified atom stereocenters. The van der Waals surface area contributed by atoms with Crippen LogP contribution in [0.3, 0.4) is 0 Å². The fraction of sp³-hybridized carbons (Fsp3) is 0.231. The van der Waals surface area contributed by atoms with Crippen LogP contribution < -0.4 is 0 Å². The second-order valence-corrected chi connectivity index (χ2v) is 5.42. The Morgan fingerprint density at radius 2 is 2.25 bits per heavy atom. The molecule has 0 bridgehead atoms. The molecule has 0 amide bonds. The van der Waals surface area contributed by atoms with Gasteiger partial charge >= 0.3 is 5.97 Å². The van der Waals surface area contributed by atoms with Crippen molar-refractivity contribution < 1.29 is 9.90 Å². The normalized spacial score (nSPS) is 14.0. The summed E-state index contributed by atoms with van der Waals surface area (Å²) in [6.07, 6.45) is 1.98. The first-order valence-electron chi connectivity index (χ1n) is 6.00. The number of carbonyl (C=O) groups is 1. The van der Waals surface area contributed by atoms with Crippen molar-refractivity contribution in [2.75, 3.05) is 0 Å². The smallest absolute Gasteiger partial charge is 0.375 e. The summed E-state index contributed by atoms with van der Waals surface area (Å²) in [4.78, 5) is 15.1. The number of nitrogens with zero attached hydrogens (tertiary/aromatic N) is 4. The van der Waals surface area contributed by atoms with Crippen LogP contribution in [0, 0.1) is 11.3 Å². The van der Waals surface area contributed by atoms with Gasteiger partial charge in [-0.3, -0.25) is 0 Å². The van der Waals surface area contributed by atoms with Gasteiger partial charge < -0.3 is 5.11 Å². The van der Waals surface area contributed by atoms with Crippen molar-refractivity contribution in [3.8, 4) is 11.8 Å². The zero-order valence-corrected chi connectivity index (χ0v) is 11.8. The van der Waals surface area contributed by atoms with Gasteiger partial charge in [0.2, 0.25) is 0 Å². The molecule has 0 aliphatic heterocycles. The lowest BCUT2D eigenvalue weighted by molar-refractivity contribution is 0.0683. The molecule has 0 saturated heterocycles. The molecule has 1 aliphatic carbocycles. The maximum absolute atomic E-state index is 11.0. The van der Waals surface area contributed by atoms with Crippen LogP contribution in [-0.2, 0) is 0 Å². The highest BCUT2D eigenvalue weighted by Gasteiger charge is 2.31. The Hall–Kier alpha value is -2.20. The third-order valence-corrected chi connectivity index (χ3v) is 3.71. The average Bonchev–Trinajstić information content (AvgIpc) is 3.17. The van der Waals surface area contributed by atoms with Gasteiger partial charge in [0.1, 0.15) is 5.82 Å². The molecule has 1 aromatic carbocycles. The molecular formula is C13H9BrN4O2. The van der Waals surface area contributed by atoms with E-state index in [2.05, 4.69) is 32.1 Å². The van der Waals surface area contributed by atoms with E-state index in [0.717, 1.165) is 12.8 Å². The fourth-order valence-electron chi connectivity index (χ4n) is 1.95. The minimum atomic E-state index is -1.14. The summed E-state index contributed by atoms with van der Waals surface area (Å²) in [6.45, 7) is 0. The predicted octanol–water partition coefficient (Wildman–Crippen LogP) is 2.48. The third kappa shape index (κ3) is 2.18. The Morgan fingerprint density at radius 1 is 1.50 bits per heavy atom. The number of aromatic nitrogens is 3. The van der Waals surface area contributed by atoms with E-state index in [4.69, 9.17) is 10.4 Å². The highest BCUT2D eigenvalue weighted by atomic mass is 79.9. The van der Waals surface area contributed by atoms with E-state index in [0.29, 0.717) is 21.5 Å². The molecule has 7 heteroatoms. The lowest BCUT2D eigenvalue weighted by Crippen LogP contribution is -2.04.